The monoisotopic (exact) mass is 265 g/mol. The number of hydrogen-bond acceptors (Lipinski definition) is 2. The number of nitrogens with two attached hydrogens (primary N) is 1. The van der Waals surface area contributed by atoms with E-state index in [0.717, 1.165) is 24.3 Å². The van der Waals surface area contributed by atoms with Gasteiger partial charge in [-0.25, -0.2) is 4.39 Å². The van der Waals surface area contributed by atoms with Crippen LogP contribution in [-0.4, -0.2) is 13.2 Å². The third kappa shape index (κ3) is 4.20. The fourth-order valence-electron chi connectivity index (χ4n) is 2.99. The Bertz CT molecular complexity index is 402. The van der Waals surface area contributed by atoms with Crippen LogP contribution in [0.15, 0.2) is 18.2 Å². The molecule has 0 saturated heterocycles. The minimum atomic E-state index is -0.303. The molecule has 0 aliphatic heterocycles. The topological polar surface area (TPSA) is 35.2 Å². The van der Waals surface area contributed by atoms with Crippen molar-refractivity contribution in [3.8, 4) is 5.75 Å². The van der Waals surface area contributed by atoms with Crippen molar-refractivity contribution in [2.45, 2.75) is 51.0 Å². The SMILES string of the molecule is COc1ccc(CC(N)CCC2CCCC2)cc1F. The van der Waals surface area contributed by atoms with Gasteiger partial charge in [-0.15, -0.1) is 0 Å². The van der Waals surface area contributed by atoms with Crippen molar-refractivity contribution in [2.24, 2.45) is 11.7 Å². The summed E-state index contributed by atoms with van der Waals surface area (Å²) in [5.41, 5.74) is 7.11. The molecule has 3 heteroatoms. The molecule has 1 saturated carbocycles. The molecule has 0 aromatic heterocycles. The Labute approximate surface area is 115 Å². The predicted molar refractivity (Wildman–Crippen MR) is 75.8 cm³/mol. The van der Waals surface area contributed by atoms with Gasteiger partial charge in [-0.05, 0) is 42.9 Å². The number of methoxy groups -OCH3 is 1. The average Bonchev–Trinajstić information content (AvgIpc) is 2.90. The third-order valence-corrected chi connectivity index (χ3v) is 4.13. The molecule has 1 fully saturated rings. The number of rotatable bonds is 6. The van der Waals surface area contributed by atoms with Crippen LogP contribution < -0.4 is 10.5 Å². The van der Waals surface area contributed by atoms with Gasteiger partial charge in [0.2, 0.25) is 0 Å². The van der Waals surface area contributed by atoms with Crippen molar-refractivity contribution < 1.29 is 9.13 Å². The Morgan fingerprint density at radius 1 is 1.37 bits per heavy atom. The molecule has 106 valence electrons. The largest absolute Gasteiger partial charge is 0.494 e. The van der Waals surface area contributed by atoms with Crippen LogP contribution in [0.3, 0.4) is 0 Å². The summed E-state index contributed by atoms with van der Waals surface area (Å²) in [7, 11) is 1.48. The summed E-state index contributed by atoms with van der Waals surface area (Å²) in [5.74, 6) is 0.866. The molecule has 1 aromatic rings. The summed E-state index contributed by atoms with van der Waals surface area (Å²) in [6.07, 6.45) is 8.49. The van der Waals surface area contributed by atoms with Gasteiger partial charge in [0.05, 0.1) is 7.11 Å². The molecule has 1 aromatic carbocycles. The second-order valence-corrected chi connectivity index (χ2v) is 5.66. The van der Waals surface area contributed by atoms with Crippen LogP contribution in [0.25, 0.3) is 0 Å². The maximum Gasteiger partial charge on any atom is 0.165 e. The van der Waals surface area contributed by atoms with E-state index in [1.54, 1.807) is 6.07 Å². The number of ether oxygens (including phenoxy) is 1. The lowest BCUT2D eigenvalue weighted by Gasteiger charge is -2.15. The molecule has 19 heavy (non-hydrogen) atoms. The highest BCUT2D eigenvalue weighted by Crippen LogP contribution is 2.29. The number of hydrogen-bond donors (Lipinski definition) is 1. The van der Waals surface area contributed by atoms with Gasteiger partial charge in [0.1, 0.15) is 0 Å². The van der Waals surface area contributed by atoms with Crippen molar-refractivity contribution in [2.75, 3.05) is 7.11 Å². The van der Waals surface area contributed by atoms with E-state index < -0.39 is 0 Å². The Morgan fingerprint density at radius 3 is 2.74 bits per heavy atom. The lowest BCUT2D eigenvalue weighted by atomic mass is 9.95. The molecular formula is C16H24FNO. The first-order valence-corrected chi connectivity index (χ1v) is 7.27. The van der Waals surface area contributed by atoms with Crippen molar-refractivity contribution in [3.63, 3.8) is 0 Å². The van der Waals surface area contributed by atoms with Crippen LogP contribution in [0, 0.1) is 11.7 Å². The van der Waals surface area contributed by atoms with Gasteiger partial charge in [0.25, 0.3) is 0 Å². The first kappa shape index (κ1) is 14.3. The van der Waals surface area contributed by atoms with E-state index in [1.165, 1.54) is 45.3 Å². The molecule has 0 heterocycles. The molecule has 2 nitrogen and oxygen atoms in total. The Balaban J connectivity index is 1.80. The fourth-order valence-corrected chi connectivity index (χ4v) is 2.99. The van der Waals surface area contributed by atoms with E-state index in [4.69, 9.17) is 10.5 Å². The van der Waals surface area contributed by atoms with E-state index in [0.29, 0.717) is 5.75 Å². The van der Waals surface area contributed by atoms with Crippen LogP contribution in [-0.2, 0) is 6.42 Å². The van der Waals surface area contributed by atoms with Gasteiger partial charge < -0.3 is 10.5 Å². The molecule has 1 aliphatic rings. The van der Waals surface area contributed by atoms with Crippen molar-refractivity contribution in [1.82, 2.24) is 0 Å². The van der Waals surface area contributed by atoms with Gasteiger partial charge in [0, 0.05) is 6.04 Å². The first-order valence-electron chi connectivity index (χ1n) is 7.27. The maximum atomic E-state index is 13.6. The second kappa shape index (κ2) is 6.90. The summed E-state index contributed by atoms with van der Waals surface area (Å²) in [6.45, 7) is 0. The molecule has 0 radical (unpaired) electrons. The van der Waals surface area contributed by atoms with Crippen LogP contribution in [0.2, 0.25) is 0 Å². The molecule has 2 N–H and O–H groups in total. The van der Waals surface area contributed by atoms with Crippen molar-refractivity contribution in [3.05, 3.63) is 29.6 Å². The zero-order valence-corrected chi connectivity index (χ0v) is 11.7. The zero-order chi connectivity index (χ0) is 13.7. The summed E-state index contributed by atoms with van der Waals surface area (Å²) in [5, 5.41) is 0. The van der Waals surface area contributed by atoms with E-state index in [1.807, 2.05) is 6.07 Å². The zero-order valence-electron chi connectivity index (χ0n) is 11.7. The highest BCUT2D eigenvalue weighted by Gasteiger charge is 2.16. The predicted octanol–water partition coefficient (Wildman–Crippen LogP) is 3.67. The normalized spacial score (nSPS) is 17.6. The Morgan fingerprint density at radius 2 is 2.11 bits per heavy atom. The summed E-state index contributed by atoms with van der Waals surface area (Å²) in [6, 6.07) is 5.24. The smallest absolute Gasteiger partial charge is 0.165 e. The number of halogens is 1. The molecule has 1 atom stereocenters. The van der Waals surface area contributed by atoms with Gasteiger partial charge in [-0.2, -0.15) is 0 Å². The minimum absolute atomic E-state index is 0.133. The van der Waals surface area contributed by atoms with Gasteiger partial charge >= 0.3 is 0 Å². The quantitative estimate of drug-likeness (QED) is 0.851. The average molecular weight is 265 g/mol. The molecule has 1 aliphatic carbocycles. The summed E-state index contributed by atoms with van der Waals surface area (Å²) < 4.78 is 18.5. The molecule has 2 rings (SSSR count). The van der Waals surface area contributed by atoms with Gasteiger partial charge in [-0.1, -0.05) is 31.7 Å². The molecule has 0 bridgehead atoms. The standard InChI is InChI=1S/C16H24FNO/c1-19-16-9-7-13(11-15(16)17)10-14(18)8-6-12-4-2-3-5-12/h7,9,11-12,14H,2-6,8,10,18H2,1H3. The molecular weight excluding hydrogens is 241 g/mol. The van der Waals surface area contributed by atoms with Gasteiger partial charge in [0.15, 0.2) is 11.6 Å². The Kier molecular flexibility index (Phi) is 5.20. The van der Waals surface area contributed by atoms with E-state index in [2.05, 4.69) is 0 Å². The lowest BCUT2D eigenvalue weighted by molar-refractivity contribution is 0.386. The third-order valence-electron chi connectivity index (χ3n) is 4.13. The van der Waals surface area contributed by atoms with Crippen molar-refractivity contribution >= 4 is 0 Å². The van der Waals surface area contributed by atoms with Crippen LogP contribution in [0.4, 0.5) is 4.39 Å². The fraction of sp³-hybridized carbons (Fsp3) is 0.625. The molecule has 0 amide bonds. The van der Waals surface area contributed by atoms with Crippen LogP contribution in [0.1, 0.15) is 44.1 Å². The van der Waals surface area contributed by atoms with Crippen LogP contribution in [0.5, 0.6) is 5.75 Å². The summed E-state index contributed by atoms with van der Waals surface area (Å²) >= 11 is 0. The van der Waals surface area contributed by atoms with Crippen LogP contribution >= 0.6 is 0 Å². The molecule has 1 unspecified atom stereocenters. The first-order chi connectivity index (χ1) is 9.19. The highest BCUT2D eigenvalue weighted by molar-refractivity contribution is 5.29. The van der Waals surface area contributed by atoms with E-state index in [-0.39, 0.29) is 11.9 Å². The van der Waals surface area contributed by atoms with E-state index >= 15 is 0 Å². The second-order valence-electron chi connectivity index (χ2n) is 5.66. The minimum Gasteiger partial charge on any atom is -0.494 e. The maximum absolute atomic E-state index is 13.6. The van der Waals surface area contributed by atoms with E-state index in [9.17, 15) is 4.39 Å². The lowest BCUT2D eigenvalue weighted by Crippen LogP contribution is -2.23. The highest BCUT2D eigenvalue weighted by atomic mass is 19.1. The number of benzene rings is 1. The van der Waals surface area contributed by atoms with Crippen molar-refractivity contribution in [1.29, 1.82) is 0 Å². The molecule has 0 spiro atoms. The summed E-state index contributed by atoms with van der Waals surface area (Å²) in [4.78, 5) is 0. The Hall–Kier alpha value is -1.09. The van der Waals surface area contributed by atoms with Gasteiger partial charge in [-0.3, -0.25) is 0 Å².